The molecule has 2 N–H and O–H groups in total. The summed E-state index contributed by atoms with van der Waals surface area (Å²) in [6.07, 6.45) is 4.84. The van der Waals surface area contributed by atoms with Gasteiger partial charge in [0.1, 0.15) is 0 Å². The lowest BCUT2D eigenvalue weighted by molar-refractivity contribution is 0.0952. The van der Waals surface area contributed by atoms with Crippen molar-refractivity contribution >= 4 is 27.8 Å². The highest BCUT2D eigenvalue weighted by atomic mass is 16.1. The van der Waals surface area contributed by atoms with Crippen molar-refractivity contribution in [1.82, 2.24) is 24.8 Å². The molecule has 1 aliphatic heterocycles. The average molecular weight is 416 g/mol. The molecule has 0 saturated heterocycles. The lowest BCUT2D eigenvalue weighted by atomic mass is 10.0. The van der Waals surface area contributed by atoms with E-state index in [4.69, 9.17) is 0 Å². The number of H-pyrrole nitrogens is 1. The Morgan fingerprint density at radius 1 is 1.19 bits per heavy atom. The second-order valence-electron chi connectivity index (χ2n) is 8.31. The van der Waals surface area contributed by atoms with E-state index in [2.05, 4.69) is 55.9 Å². The smallest absolute Gasteiger partial charge is 0.251 e. The molecule has 5 rings (SSSR count). The van der Waals surface area contributed by atoms with E-state index >= 15 is 0 Å². The predicted molar refractivity (Wildman–Crippen MR) is 124 cm³/mol. The normalized spacial score (nSPS) is 14.2. The molecule has 3 heterocycles. The van der Waals surface area contributed by atoms with Crippen molar-refractivity contribution in [3.63, 3.8) is 0 Å². The zero-order valence-corrected chi connectivity index (χ0v) is 18.0. The first kappa shape index (κ1) is 19.8. The minimum absolute atomic E-state index is 0.0217. The second-order valence-corrected chi connectivity index (χ2v) is 8.31. The van der Waals surface area contributed by atoms with E-state index in [-0.39, 0.29) is 5.91 Å². The van der Waals surface area contributed by atoms with Crippen LogP contribution in [0.5, 0.6) is 0 Å². The number of fused-ring (bicyclic) bond motifs is 4. The Labute approximate surface area is 182 Å². The molecule has 2 aromatic heterocycles. The average Bonchev–Trinajstić information content (AvgIpc) is 3.40. The fourth-order valence-corrected chi connectivity index (χ4v) is 4.84. The maximum Gasteiger partial charge on any atom is 0.251 e. The van der Waals surface area contributed by atoms with Crippen molar-refractivity contribution in [2.45, 2.75) is 39.3 Å². The van der Waals surface area contributed by atoms with E-state index in [1.807, 2.05) is 18.2 Å². The lowest BCUT2D eigenvalue weighted by Crippen LogP contribution is -2.33. The van der Waals surface area contributed by atoms with Crippen molar-refractivity contribution in [2.24, 2.45) is 0 Å². The topological polar surface area (TPSA) is 65.9 Å². The van der Waals surface area contributed by atoms with Gasteiger partial charge in [-0.2, -0.15) is 0 Å². The quantitative estimate of drug-likeness (QED) is 0.447. The molecule has 160 valence electrons. The molecule has 0 bridgehead atoms. The SMILES string of the molecule is CCn1c2c(c3ccccc31)CCN(CCCCNC(=O)c1ccc3nc[nH]c3c1)C2. The highest BCUT2D eigenvalue weighted by Gasteiger charge is 2.22. The summed E-state index contributed by atoms with van der Waals surface area (Å²) in [5, 5.41) is 4.48. The molecule has 0 spiro atoms. The Kier molecular flexibility index (Phi) is 5.47. The van der Waals surface area contributed by atoms with Crippen molar-refractivity contribution in [3.05, 3.63) is 65.6 Å². The largest absolute Gasteiger partial charge is 0.352 e. The van der Waals surface area contributed by atoms with Gasteiger partial charge in [-0.15, -0.1) is 0 Å². The van der Waals surface area contributed by atoms with E-state index in [9.17, 15) is 4.79 Å². The third-order valence-electron chi connectivity index (χ3n) is 6.43. The van der Waals surface area contributed by atoms with E-state index < -0.39 is 0 Å². The number of imidazole rings is 1. The molecule has 31 heavy (non-hydrogen) atoms. The summed E-state index contributed by atoms with van der Waals surface area (Å²) in [4.78, 5) is 22.2. The Morgan fingerprint density at radius 2 is 2.10 bits per heavy atom. The summed E-state index contributed by atoms with van der Waals surface area (Å²) in [5.74, 6) is -0.0217. The molecule has 6 nitrogen and oxygen atoms in total. The number of amides is 1. The van der Waals surface area contributed by atoms with Gasteiger partial charge in [0.2, 0.25) is 0 Å². The number of rotatable bonds is 7. The summed E-state index contributed by atoms with van der Waals surface area (Å²) in [6, 6.07) is 14.4. The maximum absolute atomic E-state index is 12.4. The van der Waals surface area contributed by atoms with Gasteiger partial charge in [0.15, 0.2) is 0 Å². The number of unbranched alkanes of at least 4 members (excludes halogenated alkanes) is 1. The van der Waals surface area contributed by atoms with Gasteiger partial charge in [0, 0.05) is 48.3 Å². The van der Waals surface area contributed by atoms with Gasteiger partial charge < -0.3 is 14.9 Å². The number of hydrogen-bond acceptors (Lipinski definition) is 3. The van der Waals surface area contributed by atoms with Crippen LogP contribution in [0.4, 0.5) is 0 Å². The molecule has 0 unspecified atom stereocenters. The van der Waals surface area contributed by atoms with Crippen LogP contribution in [-0.2, 0) is 19.5 Å². The van der Waals surface area contributed by atoms with Crippen molar-refractivity contribution < 1.29 is 4.79 Å². The van der Waals surface area contributed by atoms with Gasteiger partial charge in [-0.3, -0.25) is 9.69 Å². The molecule has 2 aromatic carbocycles. The predicted octanol–water partition coefficient (Wildman–Crippen LogP) is 4.11. The molecule has 0 aliphatic carbocycles. The number of hydrogen-bond donors (Lipinski definition) is 2. The standard InChI is InChI=1S/C25H29N5O/c1-2-30-23-8-4-3-7-19(23)20-11-14-29(16-24(20)30)13-6-5-12-26-25(31)18-9-10-21-22(15-18)28-17-27-21/h3-4,7-10,15,17H,2,5-6,11-14,16H2,1H3,(H,26,31)(H,27,28). The number of carbonyl (C=O) groups excluding carboxylic acids is 1. The fourth-order valence-electron chi connectivity index (χ4n) is 4.84. The van der Waals surface area contributed by atoms with Gasteiger partial charge in [-0.1, -0.05) is 18.2 Å². The number of aryl methyl sites for hydroxylation is 1. The van der Waals surface area contributed by atoms with Crippen LogP contribution in [0.1, 0.15) is 41.4 Å². The van der Waals surface area contributed by atoms with Gasteiger partial charge in [0.05, 0.1) is 17.4 Å². The van der Waals surface area contributed by atoms with Crippen LogP contribution in [0.3, 0.4) is 0 Å². The molecule has 0 fully saturated rings. The number of carbonyl (C=O) groups is 1. The Bertz CT molecular complexity index is 1190. The van der Waals surface area contributed by atoms with Gasteiger partial charge >= 0.3 is 0 Å². The van der Waals surface area contributed by atoms with E-state index in [0.29, 0.717) is 12.1 Å². The van der Waals surface area contributed by atoms with Gasteiger partial charge in [0.25, 0.3) is 5.91 Å². The summed E-state index contributed by atoms with van der Waals surface area (Å²) >= 11 is 0. The van der Waals surface area contributed by atoms with Gasteiger partial charge in [-0.05, 0) is 62.6 Å². The highest BCUT2D eigenvalue weighted by Crippen LogP contribution is 2.30. The molecule has 4 aromatic rings. The highest BCUT2D eigenvalue weighted by molar-refractivity contribution is 5.97. The first-order valence-corrected chi connectivity index (χ1v) is 11.3. The number of para-hydroxylation sites is 1. The maximum atomic E-state index is 12.4. The number of aromatic amines is 1. The summed E-state index contributed by atoms with van der Waals surface area (Å²) in [5.41, 5.74) is 6.83. The van der Waals surface area contributed by atoms with Crippen LogP contribution in [0.2, 0.25) is 0 Å². The first-order valence-electron chi connectivity index (χ1n) is 11.3. The molecule has 0 saturated carbocycles. The van der Waals surface area contributed by atoms with Crippen LogP contribution < -0.4 is 5.32 Å². The van der Waals surface area contributed by atoms with Crippen molar-refractivity contribution in [1.29, 1.82) is 0 Å². The molecule has 0 atom stereocenters. The molecule has 0 radical (unpaired) electrons. The van der Waals surface area contributed by atoms with Crippen LogP contribution in [0, 0.1) is 0 Å². The fraction of sp³-hybridized carbons (Fsp3) is 0.360. The van der Waals surface area contributed by atoms with Crippen LogP contribution in [0.15, 0.2) is 48.8 Å². The molecule has 1 aliphatic rings. The molecule has 1 amide bonds. The number of aromatic nitrogens is 3. The van der Waals surface area contributed by atoms with Crippen LogP contribution in [-0.4, -0.2) is 45.0 Å². The van der Waals surface area contributed by atoms with Crippen LogP contribution >= 0.6 is 0 Å². The molecular weight excluding hydrogens is 386 g/mol. The lowest BCUT2D eigenvalue weighted by Gasteiger charge is -2.28. The first-order chi connectivity index (χ1) is 15.2. The molecule has 6 heteroatoms. The third kappa shape index (κ3) is 3.83. The Balaban J connectivity index is 1.12. The summed E-state index contributed by atoms with van der Waals surface area (Å²) in [7, 11) is 0. The van der Waals surface area contributed by atoms with Crippen LogP contribution in [0.25, 0.3) is 21.9 Å². The van der Waals surface area contributed by atoms with Gasteiger partial charge in [-0.25, -0.2) is 4.98 Å². The number of nitrogens with one attached hydrogen (secondary N) is 2. The number of benzene rings is 2. The van der Waals surface area contributed by atoms with Crippen molar-refractivity contribution in [3.8, 4) is 0 Å². The van der Waals surface area contributed by atoms with Crippen molar-refractivity contribution in [2.75, 3.05) is 19.6 Å². The van der Waals surface area contributed by atoms with E-state index in [1.54, 1.807) is 6.33 Å². The van der Waals surface area contributed by atoms with E-state index in [1.165, 1.54) is 22.2 Å². The zero-order chi connectivity index (χ0) is 21.2. The van der Waals surface area contributed by atoms with E-state index in [0.717, 1.165) is 56.5 Å². The summed E-state index contributed by atoms with van der Waals surface area (Å²) < 4.78 is 2.48. The minimum Gasteiger partial charge on any atom is -0.352 e. The minimum atomic E-state index is -0.0217. The summed E-state index contributed by atoms with van der Waals surface area (Å²) in [6.45, 7) is 7.16. The number of nitrogens with zero attached hydrogens (tertiary/aromatic N) is 3. The second kappa shape index (κ2) is 8.55. The Morgan fingerprint density at radius 3 is 3.00 bits per heavy atom. The third-order valence-corrected chi connectivity index (χ3v) is 6.43. The monoisotopic (exact) mass is 415 g/mol. The zero-order valence-electron chi connectivity index (χ0n) is 18.0. The molecular formula is C25H29N5O. The Hall–Kier alpha value is -3.12.